The molecule has 2 heterocycles. The van der Waals surface area contributed by atoms with Crippen LogP contribution >= 0.6 is 11.3 Å². The number of carbonyl (C=O) groups excluding carboxylic acids is 2. The van der Waals surface area contributed by atoms with Gasteiger partial charge in [0.1, 0.15) is 23.7 Å². The van der Waals surface area contributed by atoms with E-state index >= 15 is 0 Å². The zero-order valence-corrected chi connectivity index (χ0v) is 29.2. The molecule has 2 amide bonds. The maximum Gasteiger partial charge on any atom is 0.573 e. The number of amides is 2. The van der Waals surface area contributed by atoms with Crippen LogP contribution in [0, 0.1) is 5.82 Å². The minimum Gasteiger partial charge on any atom is -0.480 e. The number of aliphatic carboxylic acids is 1. The Morgan fingerprint density at radius 3 is 2.00 bits per heavy atom. The Kier molecular flexibility index (Phi) is 11.1. The molecule has 0 radical (unpaired) electrons. The lowest BCUT2D eigenvalue weighted by Gasteiger charge is -2.20. The van der Waals surface area contributed by atoms with Crippen LogP contribution in [0.3, 0.4) is 0 Å². The Balaban J connectivity index is 1.27. The SMILES string of the molecule is C[C@@H](NC(=O)[C@H](Cc1ccc(-c2ncc(-c3ccc(-c4ccc(OC(F)(F)F)cc4F)cc3)cn2)cc1)NC(=O)c1ccc(C(C)(C)C)s1)C(=O)O. The van der Waals surface area contributed by atoms with Gasteiger partial charge in [0.2, 0.25) is 5.91 Å². The van der Waals surface area contributed by atoms with Gasteiger partial charge in [0.05, 0.1) is 4.88 Å². The molecule has 0 bridgehead atoms. The number of nitrogens with one attached hydrogen (secondary N) is 2. The third-order valence-corrected chi connectivity index (χ3v) is 9.44. The highest BCUT2D eigenvalue weighted by Gasteiger charge is 2.31. The van der Waals surface area contributed by atoms with Crippen LogP contribution in [-0.4, -0.2) is 51.3 Å². The van der Waals surface area contributed by atoms with Crippen molar-refractivity contribution in [3.05, 3.63) is 112 Å². The zero-order chi connectivity index (χ0) is 37.8. The second kappa shape index (κ2) is 15.3. The van der Waals surface area contributed by atoms with Crippen molar-refractivity contribution >= 4 is 29.1 Å². The highest BCUT2D eigenvalue weighted by atomic mass is 32.1. The van der Waals surface area contributed by atoms with E-state index in [1.807, 2.05) is 26.8 Å². The molecule has 0 aliphatic rings. The van der Waals surface area contributed by atoms with E-state index in [-0.39, 0.29) is 17.4 Å². The van der Waals surface area contributed by atoms with Crippen LogP contribution in [0.2, 0.25) is 0 Å². The van der Waals surface area contributed by atoms with E-state index in [4.69, 9.17) is 0 Å². The zero-order valence-electron chi connectivity index (χ0n) is 28.4. The fourth-order valence-corrected chi connectivity index (χ4v) is 6.07. The number of aromatic nitrogens is 2. The molecule has 0 spiro atoms. The molecule has 270 valence electrons. The van der Waals surface area contributed by atoms with Gasteiger partial charge in [-0.1, -0.05) is 69.3 Å². The lowest BCUT2D eigenvalue weighted by Crippen LogP contribution is -2.51. The van der Waals surface area contributed by atoms with Crippen molar-refractivity contribution in [3.8, 4) is 39.4 Å². The van der Waals surface area contributed by atoms with Crippen molar-refractivity contribution in [3.63, 3.8) is 0 Å². The van der Waals surface area contributed by atoms with Gasteiger partial charge in [0.15, 0.2) is 5.82 Å². The molecule has 3 aromatic carbocycles. The molecular weight excluding hydrogens is 700 g/mol. The number of carboxylic acids is 1. The van der Waals surface area contributed by atoms with E-state index in [0.29, 0.717) is 39.0 Å². The molecule has 9 nitrogen and oxygen atoms in total. The Labute approximate surface area is 300 Å². The lowest BCUT2D eigenvalue weighted by atomic mass is 9.95. The summed E-state index contributed by atoms with van der Waals surface area (Å²) in [7, 11) is 0. The first-order chi connectivity index (χ1) is 24.5. The smallest absolute Gasteiger partial charge is 0.480 e. The molecule has 0 saturated heterocycles. The summed E-state index contributed by atoms with van der Waals surface area (Å²) in [4.78, 5) is 48.1. The third kappa shape index (κ3) is 9.57. The van der Waals surface area contributed by atoms with Crippen LogP contribution in [0.25, 0.3) is 33.6 Å². The van der Waals surface area contributed by atoms with E-state index in [1.54, 1.807) is 67.0 Å². The van der Waals surface area contributed by atoms with Gasteiger partial charge in [0, 0.05) is 46.4 Å². The van der Waals surface area contributed by atoms with Crippen LogP contribution in [0.4, 0.5) is 17.6 Å². The van der Waals surface area contributed by atoms with Crippen LogP contribution in [-0.2, 0) is 21.4 Å². The van der Waals surface area contributed by atoms with Gasteiger partial charge in [0.25, 0.3) is 5.91 Å². The van der Waals surface area contributed by atoms with Gasteiger partial charge in [-0.05, 0) is 53.3 Å². The normalized spacial score (nSPS) is 12.8. The molecule has 0 aliphatic heterocycles. The molecule has 0 aliphatic carbocycles. The average molecular weight is 735 g/mol. The second-order valence-electron chi connectivity index (χ2n) is 13.0. The first-order valence-corrected chi connectivity index (χ1v) is 16.8. The van der Waals surface area contributed by atoms with Crippen LogP contribution in [0.5, 0.6) is 5.75 Å². The second-order valence-corrected chi connectivity index (χ2v) is 14.1. The third-order valence-electron chi connectivity index (χ3n) is 7.93. The van der Waals surface area contributed by atoms with E-state index in [1.165, 1.54) is 24.3 Å². The summed E-state index contributed by atoms with van der Waals surface area (Å²) < 4.78 is 55.7. The molecule has 2 aromatic heterocycles. The summed E-state index contributed by atoms with van der Waals surface area (Å²) in [5.74, 6) is -3.38. The van der Waals surface area contributed by atoms with E-state index in [9.17, 15) is 37.1 Å². The van der Waals surface area contributed by atoms with Crippen LogP contribution in [0.15, 0.2) is 91.3 Å². The molecular formula is C38H34F4N4O5S. The summed E-state index contributed by atoms with van der Waals surface area (Å²) in [5.41, 5.74) is 3.18. The number of rotatable bonds is 11. The number of hydrogen-bond donors (Lipinski definition) is 3. The summed E-state index contributed by atoms with van der Waals surface area (Å²) in [6, 6.07) is 18.1. The standard InChI is InChI=1S/C38H34F4N4O5S/c1-21(36(49)50)45-34(47)30(46-35(48)31-15-16-32(52-31)37(2,3)4)17-22-5-7-25(8-6-22)33-43-19-26(20-44-33)23-9-11-24(12-10-23)28-14-13-27(18-29(28)39)51-38(40,41)42/h5-16,18-21,30H,17H2,1-4H3,(H,45,47)(H,46,48)(H,49,50)/t21-,30+/m1/s1. The first-order valence-electron chi connectivity index (χ1n) is 16.0. The molecule has 52 heavy (non-hydrogen) atoms. The average Bonchev–Trinajstić information content (AvgIpc) is 3.60. The van der Waals surface area contributed by atoms with Gasteiger partial charge in [-0.15, -0.1) is 24.5 Å². The molecule has 5 rings (SSSR count). The molecule has 0 unspecified atom stereocenters. The number of benzene rings is 3. The number of carboxylic acid groups (broad SMARTS) is 1. The summed E-state index contributed by atoms with van der Waals surface area (Å²) in [5, 5.41) is 14.5. The number of alkyl halides is 3. The van der Waals surface area contributed by atoms with Gasteiger partial charge in [-0.3, -0.25) is 14.4 Å². The Hall–Kier alpha value is -5.63. The topological polar surface area (TPSA) is 131 Å². The molecule has 0 fully saturated rings. The number of ether oxygens (including phenoxy) is 1. The van der Waals surface area contributed by atoms with Crippen molar-refractivity contribution in [2.24, 2.45) is 0 Å². The highest BCUT2D eigenvalue weighted by Crippen LogP contribution is 2.32. The highest BCUT2D eigenvalue weighted by molar-refractivity contribution is 7.14. The Bertz CT molecular complexity index is 2060. The van der Waals surface area contributed by atoms with Gasteiger partial charge < -0.3 is 20.5 Å². The van der Waals surface area contributed by atoms with Gasteiger partial charge in [-0.2, -0.15) is 0 Å². The van der Waals surface area contributed by atoms with E-state index < -0.39 is 47.8 Å². The fraction of sp³-hybridized carbons (Fsp3) is 0.237. The Morgan fingerprint density at radius 2 is 1.44 bits per heavy atom. The monoisotopic (exact) mass is 734 g/mol. The largest absolute Gasteiger partial charge is 0.573 e. The molecule has 14 heteroatoms. The van der Waals surface area contributed by atoms with Crippen molar-refractivity contribution in [2.45, 2.75) is 58.0 Å². The molecule has 3 N–H and O–H groups in total. The van der Waals surface area contributed by atoms with E-state index in [2.05, 4.69) is 25.3 Å². The Morgan fingerprint density at radius 1 is 0.827 bits per heavy atom. The van der Waals surface area contributed by atoms with E-state index in [0.717, 1.165) is 16.5 Å². The predicted molar refractivity (Wildman–Crippen MR) is 188 cm³/mol. The summed E-state index contributed by atoms with van der Waals surface area (Å²) in [6.45, 7) is 7.44. The van der Waals surface area contributed by atoms with Crippen LogP contribution in [0.1, 0.15) is 47.8 Å². The number of halogens is 4. The number of hydrogen-bond acceptors (Lipinski definition) is 7. The van der Waals surface area contributed by atoms with Gasteiger partial charge >= 0.3 is 12.3 Å². The van der Waals surface area contributed by atoms with Crippen molar-refractivity contribution < 1.29 is 41.8 Å². The minimum absolute atomic E-state index is 0.0901. The number of carbonyl (C=O) groups is 3. The quantitative estimate of drug-likeness (QED) is 0.118. The summed E-state index contributed by atoms with van der Waals surface area (Å²) >= 11 is 1.33. The number of nitrogens with zero attached hydrogens (tertiary/aromatic N) is 2. The molecule has 0 saturated carbocycles. The first kappa shape index (κ1) is 37.6. The van der Waals surface area contributed by atoms with Crippen molar-refractivity contribution in [1.82, 2.24) is 20.6 Å². The van der Waals surface area contributed by atoms with Crippen LogP contribution < -0.4 is 15.4 Å². The summed E-state index contributed by atoms with van der Waals surface area (Å²) in [6.07, 6.45) is -1.60. The predicted octanol–water partition coefficient (Wildman–Crippen LogP) is 7.80. The maximum atomic E-state index is 14.6. The maximum absolute atomic E-state index is 14.6. The lowest BCUT2D eigenvalue weighted by molar-refractivity contribution is -0.274. The molecule has 5 aromatic rings. The molecule has 2 atom stereocenters. The minimum atomic E-state index is -4.92. The number of thiophene rings is 1. The van der Waals surface area contributed by atoms with Crippen molar-refractivity contribution in [2.75, 3.05) is 0 Å². The fourth-order valence-electron chi connectivity index (χ4n) is 5.10. The van der Waals surface area contributed by atoms with Gasteiger partial charge in [-0.25, -0.2) is 14.4 Å². The van der Waals surface area contributed by atoms with Crippen molar-refractivity contribution in [1.29, 1.82) is 0 Å².